The maximum Gasteiger partial charge on any atom is 0.412 e. The largest absolute Gasteiger partial charge is 0.497 e. The van der Waals surface area contributed by atoms with Crippen molar-refractivity contribution < 1.29 is 27.4 Å². The Labute approximate surface area is 215 Å². The van der Waals surface area contributed by atoms with Crippen molar-refractivity contribution in [2.45, 2.75) is 31.1 Å². The highest BCUT2D eigenvalue weighted by molar-refractivity contribution is 7.92. The number of ether oxygens (including phenoxy) is 3. The van der Waals surface area contributed by atoms with Crippen LogP contribution in [0.5, 0.6) is 11.5 Å². The Morgan fingerprint density at radius 3 is 2.39 bits per heavy atom. The average Bonchev–Trinajstić information content (AvgIpc) is 2.84. The van der Waals surface area contributed by atoms with Crippen molar-refractivity contribution >= 4 is 39.2 Å². The van der Waals surface area contributed by atoms with Crippen LogP contribution in [0.2, 0.25) is 5.02 Å². The number of aromatic nitrogens is 1. The van der Waals surface area contributed by atoms with E-state index in [-0.39, 0.29) is 40.0 Å². The van der Waals surface area contributed by atoms with Crippen molar-refractivity contribution in [2.24, 2.45) is 0 Å². The van der Waals surface area contributed by atoms with Gasteiger partial charge in [0.2, 0.25) is 0 Å². The number of nitrogens with zero attached hydrogens (tertiary/aromatic N) is 1. The first-order valence-corrected chi connectivity index (χ1v) is 12.8. The van der Waals surface area contributed by atoms with Crippen LogP contribution in [-0.2, 0) is 20.2 Å². The van der Waals surface area contributed by atoms with Crippen molar-refractivity contribution in [3.63, 3.8) is 0 Å². The molecule has 0 saturated carbocycles. The SMILES string of the molecule is COc1cc(NS(=O)(=O)c2ccc(C(C)(C)C)cc2)c(Cl)c(OCCOC(=O)Nc2ccccn2)c1. The normalized spacial score (nSPS) is 11.5. The molecule has 9 nitrogen and oxygen atoms in total. The van der Waals surface area contributed by atoms with Gasteiger partial charge in [-0.05, 0) is 35.2 Å². The first-order valence-electron chi connectivity index (χ1n) is 11.0. The lowest BCUT2D eigenvalue weighted by Crippen LogP contribution is -2.18. The Morgan fingerprint density at radius 2 is 1.78 bits per heavy atom. The molecular weight excluding hydrogens is 506 g/mol. The summed E-state index contributed by atoms with van der Waals surface area (Å²) in [6.45, 7) is 6.01. The predicted octanol–water partition coefficient (Wildman–Crippen LogP) is 5.47. The maximum atomic E-state index is 13.0. The van der Waals surface area contributed by atoms with E-state index in [0.717, 1.165) is 5.56 Å². The number of hydrogen-bond acceptors (Lipinski definition) is 7. The molecule has 192 valence electrons. The molecule has 1 amide bonds. The fourth-order valence-electron chi connectivity index (χ4n) is 3.07. The summed E-state index contributed by atoms with van der Waals surface area (Å²) in [5.41, 5.74) is 0.980. The molecule has 1 aromatic heterocycles. The highest BCUT2D eigenvalue weighted by Crippen LogP contribution is 2.38. The van der Waals surface area contributed by atoms with Crippen LogP contribution in [0.3, 0.4) is 0 Å². The molecule has 0 aliphatic heterocycles. The van der Waals surface area contributed by atoms with Gasteiger partial charge in [0.15, 0.2) is 0 Å². The minimum Gasteiger partial charge on any atom is -0.497 e. The number of halogens is 1. The molecule has 3 aromatic rings. The fraction of sp³-hybridized carbons (Fsp3) is 0.280. The minimum atomic E-state index is -3.94. The predicted molar refractivity (Wildman–Crippen MR) is 139 cm³/mol. The fourth-order valence-corrected chi connectivity index (χ4v) is 4.40. The summed E-state index contributed by atoms with van der Waals surface area (Å²) in [4.78, 5) is 15.9. The second-order valence-corrected chi connectivity index (χ2v) is 10.8. The lowest BCUT2D eigenvalue weighted by Gasteiger charge is -2.19. The molecule has 2 aromatic carbocycles. The number of carbonyl (C=O) groups excluding carboxylic acids is 1. The molecule has 2 N–H and O–H groups in total. The molecule has 0 saturated heterocycles. The van der Waals surface area contributed by atoms with Crippen molar-refractivity contribution in [2.75, 3.05) is 30.4 Å². The molecule has 0 spiro atoms. The van der Waals surface area contributed by atoms with E-state index in [0.29, 0.717) is 11.6 Å². The number of benzene rings is 2. The third-order valence-corrected chi connectivity index (χ3v) is 6.76. The summed E-state index contributed by atoms with van der Waals surface area (Å²) in [6, 6.07) is 14.7. The number of hydrogen-bond donors (Lipinski definition) is 2. The van der Waals surface area contributed by atoms with E-state index in [1.54, 1.807) is 42.5 Å². The van der Waals surface area contributed by atoms with E-state index in [9.17, 15) is 13.2 Å². The summed E-state index contributed by atoms with van der Waals surface area (Å²) >= 11 is 6.43. The topological polar surface area (TPSA) is 116 Å². The van der Waals surface area contributed by atoms with Crippen LogP contribution < -0.4 is 19.5 Å². The van der Waals surface area contributed by atoms with Crippen LogP contribution in [0.4, 0.5) is 16.3 Å². The van der Waals surface area contributed by atoms with Gasteiger partial charge in [-0.3, -0.25) is 10.0 Å². The molecule has 36 heavy (non-hydrogen) atoms. The van der Waals surface area contributed by atoms with Crippen molar-refractivity contribution in [3.8, 4) is 11.5 Å². The van der Waals surface area contributed by atoms with Gasteiger partial charge in [-0.1, -0.05) is 50.6 Å². The average molecular weight is 534 g/mol. The molecule has 0 unspecified atom stereocenters. The first kappa shape index (κ1) is 27.1. The monoisotopic (exact) mass is 533 g/mol. The van der Waals surface area contributed by atoms with Gasteiger partial charge >= 0.3 is 6.09 Å². The van der Waals surface area contributed by atoms with Gasteiger partial charge < -0.3 is 14.2 Å². The van der Waals surface area contributed by atoms with Crippen LogP contribution >= 0.6 is 11.6 Å². The van der Waals surface area contributed by atoms with Crippen LogP contribution in [0.25, 0.3) is 0 Å². The summed E-state index contributed by atoms with van der Waals surface area (Å²) in [5.74, 6) is 0.832. The molecule has 0 fully saturated rings. The van der Waals surface area contributed by atoms with Crippen molar-refractivity contribution in [3.05, 3.63) is 71.4 Å². The number of nitrogens with one attached hydrogen (secondary N) is 2. The van der Waals surface area contributed by atoms with Crippen molar-refractivity contribution in [1.29, 1.82) is 0 Å². The molecule has 3 rings (SSSR count). The lowest BCUT2D eigenvalue weighted by atomic mass is 9.87. The van der Waals surface area contributed by atoms with Gasteiger partial charge in [-0.15, -0.1) is 0 Å². The third-order valence-electron chi connectivity index (χ3n) is 4.99. The van der Waals surface area contributed by atoms with E-state index >= 15 is 0 Å². The molecule has 0 radical (unpaired) electrons. The Morgan fingerprint density at radius 1 is 1.06 bits per heavy atom. The van der Waals surface area contributed by atoms with E-state index < -0.39 is 16.1 Å². The van der Waals surface area contributed by atoms with Gasteiger partial charge in [0.05, 0.1) is 17.7 Å². The Hall–Kier alpha value is -3.50. The van der Waals surface area contributed by atoms with Gasteiger partial charge in [0, 0.05) is 18.3 Å². The third kappa shape index (κ3) is 7.25. The smallest absolute Gasteiger partial charge is 0.412 e. The number of rotatable bonds is 9. The number of pyridine rings is 1. The van der Waals surface area contributed by atoms with Gasteiger partial charge in [0.25, 0.3) is 10.0 Å². The minimum absolute atomic E-state index is 0.0311. The van der Waals surface area contributed by atoms with E-state index in [1.807, 2.05) is 20.8 Å². The highest BCUT2D eigenvalue weighted by atomic mass is 35.5. The number of carbonyl (C=O) groups is 1. The lowest BCUT2D eigenvalue weighted by molar-refractivity contribution is 0.137. The molecule has 0 bridgehead atoms. The molecule has 0 atom stereocenters. The van der Waals surface area contributed by atoms with Gasteiger partial charge in [-0.25, -0.2) is 18.2 Å². The van der Waals surface area contributed by atoms with Crippen LogP contribution in [0, 0.1) is 0 Å². The number of anilines is 2. The van der Waals surface area contributed by atoms with E-state index in [1.165, 1.54) is 25.4 Å². The summed E-state index contributed by atoms with van der Waals surface area (Å²) in [6.07, 6.45) is 0.843. The van der Waals surface area contributed by atoms with Crippen molar-refractivity contribution in [1.82, 2.24) is 4.98 Å². The van der Waals surface area contributed by atoms with E-state index in [4.69, 9.17) is 25.8 Å². The van der Waals surface area contributed by atoms with Gasteiger partial charge in [-0.2, -0.15) is 0 Å². The van der Waals surface area contributed by atoms with E-state index in [2.05, 4.69) is 15.0 Å². The zero-order chi connectivity index (χ0) is 26.3. The standard InChI is InChI=1S/C25H28ClN3O6S/c1-25(2,3)17-8-10-19(11-9-17)36(31,32)29-20-15-18(33-4)16-21(23(20)26)34-13-14-35-24(30)28-22-7-5-6-12-27-22/h5-12,15-16,29H,13-14H2,1-4H3,(H,27,28,30). The molecule has 0 aliphatic rings. The van der Waals surface area contributed by atoms with Crippen LogP contribution in [0.1, 0.15) is 26.3 Å². The molecule has 11 heteroatoms. The Kier molecular flexibility index (Phi) is 8.65. The summed E-state index contributed by atoms with van der Waals surface area (Å²) in [7, 11) is -2.50. The summed E-state index contributed by atoms with van der Waals surface area (Å²) in [5, 5.41) is 2.51. The van der Waals surface area contributed by atoms with Crippen LogP contribution in [0.15, 0.2) is 65.7 Å². The maximum absolute atomic E-state index is 13.0. The first-order chi connectivity index (χ1) is 17.0. The number of amides is 1. The summed E-state index contributed by atoms with van der Waals surface area (Å²) < 4.78 is 44.4. The Bertz CT molecular complexity index is 1290. The number of sulfonamides is 1. The quantitative estimate of drug-likeness (QED) is 0.350. The Balaban J connectivity index is 1.67. The zero-order valence-electron chi connectivity index (χ0n) is 20.4. The second kappa shape index (κ2) is 11.5. The van der Waals surface area contributed by atoms with Crippen LogP contribution in [-0.4, -0.2) is 39.8 Å². The highest BCUT2D eigenvalue weighted by Gasteiger charge is 2.21. The zero-order valence-corrected chi connectivity index (χ0v) is 21.9. The molecule has 0 aliphatic carbocycles. The molecular formula is C25H28ClN3O6S. The molecule has 1 heterocycles. The number of methoxy groups -OCH3 is 1. The second-order valence-electron chi connectivity index (χ2n) is 8.69. The van der Waals surface area contributed by atoms with Gasteiger partial charge in [0.1, 0.15) is 35.6 Å².